The van der Waals surface area contributed by atoms with Gasteiger partial charge in [-0.1, -0.05) is 17.7 Å². The average Bonchev–Trinajstić information content (AvgIpc) is 2.79. The fourth-order valence-electron chi connectivity index (χ4n) is 3.05. The predicted molar refractivity (Wildman–Crippen MR) is 129 cm³/mol. The standard InChI is InChI=1S/C24H23ClFN5O2/c1-4-33-22-12-20-17(11-21(22)28-9-5-6-23(32)31(2)3)24(15(13-27)14-29-20)30-16-7-8-19(26)18(25)10-16/h5-8,10-12,14,28H,4,9H2,1-3H3,(H,29,30). The van der Waals surface area contributed by atoms with Crippen LogP contribution in [0, 0.1) is 17.1 Å². The van der Waals surface area contributed by atoms with Gasteiger partial charge in [0.2, 0.25) is 5.91 Å². The first-order chi connectivity index (χ1) is 15.8. The van der Waals surface area contributed by atoms with Gasteiger partial charge in [0.25, 0.3) is 0 Å². The van der Waals surface area contributed by atoms with E-state index in [0.717, 1.165) is 0 Å². The molecule has 170 valence electrons. The maximum absolute atomic E-state index is 13.6. The number of aromatic nitrogens is 1. The van der Waals surface area contributed by atoms with Crippen LogP contribution in [0.4, 0.5) is 21.5 Å². The van der Waals surface area contributed by atoms with Crippen molar-refractivity contribution < 1.29 is 13.9 Å². The van der Waals surface area contributed by atoms with Gasteiger partial charge in [0.1, 0.15) is 17.6 Å². The fraction of sp³-hybridized carbons (Fsp3) is 0.208. The number of nitrogens with zero attached hydrogens (tertiary/aromatic N) is 3. The highest BCUT2D eigenvalue weighted by Crippen LogP contribution is 2.36. The van der Waals surface area contributed by atoms with Crippen LogP contribution >= 0.6 is 11.6 Å². The Bertz CT molecular complexity index is 1250. The van der Waals surface area contributed by atoms with Crippen LogP contribution in [0.3, 0.4) is 0 Å². The zero-order valence-corrected chi connectivity index (χ0v) is 19.2. The van der Waals surface area contributed by atoms with Crippen LogP contribution in [0.5, 0.6) is 5.75 Å². The maximum atomic E-state index is 13.6. The number of hydrogen-bond donors (Lipinski definition) is 2. The molecule has 3 rings (SSSR count). The molecule has 0 aliphatic heterocycles. The average molecular weight is 468 g/mol. The summed E-state index contributed by atoms with van der Waals surface area (Å²) in [7, 11) is 3.36. The summed E-state index contributed by atoms with van der Waals surface area (Å²) in [4.78, 5) is 17.6. The number of nitriles is 1. The Morgan fingerprint density at radius 1 is 1.33 bits per heavy atom. The second-order valence-electron chi connectivity index (χ2n) is 7.23. The number of nitrogens with one attached hydrogen (secondary N) is 2. The van der Waals surface area contributed by atoms with Crippen molar-refractivity contribution in [2.45, 2.75) is 6.92 Å². The number of fused-ring (bicyclic) bond motifs is 1. The number of amides is 1. The maximum Gasteiger partial charge on any atom is 0.245 e. The lowest BCUT2D eigenvalue weighted by molar-refractivity contribution is -0.123. The molecule has 0 aliphatic carbocycles. The molecule has 0 bridgehead atoms. The molecule has 0 unspecified atom stereocenters. The fourth-order valence-corrected chi connectivity index (χ4v) is 3.23. The van der Waals surface area contributed by atoms with E-state index in [1.807, 2.05) is 13.0 Å². The van der Waals surface area contributed by atoms with Crippen molar-refractivity contribution in [3.8, 4) is 11.8 Å². The van der Waals surface area contributed by atoms with E-state index in [2.05, 4.69) is 21.7 Å². The van der Waals surface area contributed by atoms with Crippen LogP contribution in [0.1, 0.15) is 12.5 Å². The monoisotopic (exact) mass is 467 g/mol. The molecule has 2 aromatic carbocycles. The normalized spacial score (nSPS) is 10.8. The smallest absolute Gasteiger partial charge is 0.245 e. The van der Waals surface area contributed by atoms with Gasteiger partial charge in [-0.25, -0.2) is 4.39 Å². The Labute approximate surface area is 196 Å². The van der Waals surface area contributed by atoms with Gasteiger partial charge in [-0.3, -0.25) is 9.78 Å². The first-order valence-corrected chi connectivity index (χ1v) is 10.5. The summed E-state index contributed by atoms with van der Waals surface area (Å²) >= 11 is 5.91. The van der Waals surface area contributed by atoms with Crippen LogP contribution in [-0.4, -0.2) is 43.0 Å². The number of carbonyl (C=O) groups is 1. The summed E-state index contributed by atoms with van der Waals surface area (Å²) in [6.45, 7) is 2.71. The van der Waals surface area contributed by atoms with Gasteiger partial charge in [0, 0.05) is 50.1 Å². The highest BCUT2D eigenvalue weighted by atomic mass is 35.5. The van der Waals surface area contributed by atoms with Gasteiger partial charge >= 0.3 is 0 Å². The quantitative estimate of drug-likeness (QED) is 0.448. The van der Waals surface area contributed by atoms with Crippen molar-refractivity contribution in [1.29, 1.82) is 5.26 Å². The summed E-state index contributed by atoms with van der Waals surface area (Å²) in [5.74, 6) is -0.0612. The number of hydrogen-bond acceptors (Lipinski definition) is 6. The molecular weight excluding hydrogens is 445 g/mol. The van der Waals surface area contributed by atoms with Gasteiger partial charge in [-0.15, -0.1) is 0 Å². The molecule has 0 radical (unpaired) electrons. The van der Waals surface area contributed by atoms with Crippen molar-refractivity contribution in [3.63, 3.8) is 0 Å². The van der Waals surface area contributed by atoms with Crippen molar-refractivity contribution in [2.75, 3.05) is 37.9 Å². The zero-order valence-electron chi connectivity index (χ0n) is 18.4. The molecule has 0 spiro atoms. The molecule has 2 N–H and O–H groups in total. The third kappa shape index (κ3) is 5.70. The Hall–Kier alpha value is -3.83. The molecule has 0 aliphatic rings. The molecule has 0 saturated carbocycles. The van der Waals surface area contributed by atoms with Crippen molar-refractivity contribution in [3.05, 3.63) is 65.1 Å². The largest absolute Gasteiger partial charge is 0.492 e. The highest BCUT2D eigenvalue weighted by molar-refractivity contribution is 6.31. The number of likely N-dealkylation sites (N-methyl/N-ethyl adjacent to an activating group) is 1. The number of benzene rings is 2. The number of carbonyl (C=O) groups excluding carboxylic acids is 1. The van der Waals surface area contributed by atoms with E-state index in [-0.39, 0.29) is 10.9 Å². The Kier molecular flexibility index (Phi) is 7.70. The van der Waals surface area contributed by atoms with Crippen LogP contribution in [0.15, 0.2) is 48.7 Å². The molecule has 0 atom stereocenters. The van der Waals surface area contributed by atoms with Gasteiger partial charge in [-0.2, -0.15) is 5.26 Å². The minimum Gasteiger partial charge on any atom is -0.492 e. The second kappa shape index (κ2) is 10.7. The van der Waals surface area contributed by atoms with Gasteiger partial charge in [-0.05, 0) is 31.2 Å². The third-order valence-corrected chi connectivity index (χ3v) is 4.98. The summed E-state index contributed by atoms with van der Waals surface area (Å²) in [6, 6.07) is 9.97. The lowest BCUT2D eigenvalue weighted by Crippen LogP contribution is -2.19. The molecule has 1 aromatic heterocycles. The number of ether oxygens (including phenoxy) is 1. The van der Waals surface area contributed by atoms with Crippen LogP contribution in [-0.2, 0) is 4.79 Å². The molecule has 3 aromatic rings. The molecule has 1 amide bonds. The lowest BCUT2D eigenvalue weighted by Gasteiger charge is -2.16. The van der Waals surface area contributed by atoms with Gasteiger partial charge in [0.15, 0.2) is 0 Å². The first-order valence-electron chi connectivity index (χ1n) is 10.2. The van der Waals surface area contributed by atoms with Gasteiger partial charge in [0.05, 0.1) is 34.1 Å². The number of pyridine rings is 1. The van der Waals surface area contributed by atoms with Crippen LogP contribution in [0.25, 0.3) is 10.9 Å². The second-order valence-corrected chi connectivity index (χ2v) is 7.63. The highest BCUT2D eigenvalue weighted by Gasteiger charge is 2.14. The van der Waals surface area contributed by atoms with E-state index < -0.39 is 5.82 Å². The Balaban J connectivity index is 2.02. The predicted octanol–water partition coefficient (Wildman–Crippen LogP) is 5.10. The number of rotatable bonds is 8. The topological polar surface area (TPSA) is 90.3 Å². The molecule has 33 heavy (non-hydrogen) atoms. The van der Waals surface area contributed by atoms with Crippen molar-refractivity contribution in [1.82, 2.24) is 9.88 Å². The molecule has 7 nitrogen and oxygen atoms in total. The Morgan fingerprint density at radius 2 is 2.12 bits per heavy atom. The van der Waals surface area contributed by atoms with Crippen molar-refractivity contribution >= 4 is 45.5 Å². The van der Waals surface area contributed by atoms with E-state index in [1.165, 1.54) is 35.4 Å². The first kappa shape index (κ1) is 23.8. The third-order valence-electron chi connectivity index (χ3n) is 4.69. The number of halogens is 2. The lowest BCUT2D eigenvalue weighted by atomic mass is 10.1. The summed E-state index contributed by atoms with van der Waals surface area (Å²) in [5.41, 5.74) is 2.63. The number of anilines is 3. The van der Waals surface area contributed by atoms with E-state index >= 15 is 0 Å². The van der Waals surface area contributed by atoms with E-state index in [9.17, 15) is 14.4 Å². The minimum absolute atomic E-state index is 0.0306. The van der Waals surface area contributed by atoms with Crippen LogP contribution in [0.2, 0.25) is 5.02 Å². The Morgan fingerprint density at radius 3 is 2.79 bits per heavy atom. The van der Waals surface area contributed by atoms with Gasteiger partial charge < -0.3 is 20.3 Å². The zero-order chi connectivity index (χ0) is 24.0. The van der Waals surface area contributed by atoms with E-state index in [4.69, 9.17) is 16.3 Å². The molecule has 0 fully saturated rings. The SMILES string of the molecule is CCOc1cc2ncc(C#N)c(Nc3ccc(F)c(Cl)c3)c2cc1NCC=CC(=O)N(C)C. The van der Waals surface area contributed by atoms with E-state index in [0.29, 0.717) is 52.4 Å². The molecular formula is C24H23ClFN5O2. The molecule has 0 saturated heterocycles. The van der Waals surface area contributed by atoms with Crippen molar-refractivity contribution in [2.24, 2.45) is 0 Å². The van der Waals surface area contributed by atoms with E-state index in [1.54, 1.807) is 26.2 Å². The van der Waals surface area contributed by atoms with Crippen LogP contribution < -0.4 is 15.4 Å². The summed E-state index contributed by atoms with van der Waals surface area (Å²) in [5, 5.41) is 16.7. The minimum atomic E-state index is -0.532. The summed E-state index contributed by atoms with van der Waals surface area (Å²) < 4.78 is 19.3. The molecule has 9 heteroatoms. The molecule has 1 heterocycles. The summed E-state index contributed by atoms with van der Waals surface area (Å²) in [6.07, 6.45) is 4.66.